The molecule has 1 unspecified atom stereocenters. The predicted octanol–water partition coefficient (Wildman–Crippen LogP) is 2.92. The van der Waals surface area contributed by atoms with Gasteiger partial charge in [-0.05, 0) is 44.0 Å². The van der Waals surface area contributed by atoms with Crippen LogP contribution in [0.15, 0.2) is 24.3 Å². The van der Waals surface area contributed by atoms with Crippen LogP contribution in [0.3, 0.4) is 0 Å². The summed E-state index contributed by atoms with van der Waals surface area (Å²) in [5.41, 5.74) is 4.18. The summed E-state index contributed by atoms with van der Waals surface area (Å²) < 4.78 is 13.3. The Bertz CT molecular complexity index is 714. The first kappa shape index (κ1) is 14.6. The quantitative estimate of drug-likeness (QED) is 0.926. The van der Waals surface area contributed by atoms with Crippen LogP contribution in [0.5, 0.6) is 0 Å². The largest absolute Gasteiger partial charge is 0.338 e. The lowest BCUT2D eigenvalue weighted by atomic mass is 10.0. The van der Waals surface area contributed by atoms with Gasteiger partial charge in [-0.15, -0.1) is 0 Å². The molecule has 0 spiro atoms. The molecule has 4 nitrogen and oxygen atoms in total. The van der Waals surface area contributed by atoms with Gasteiger partial charge in [0, 0.05) is 43.2 Å². The van der Waals surface area contributed by atoms with Crippen LogP contribution in [0, 0.1) is 5.82 Å². The second-order valence-electron chi connectivity index (χ2n) is 6.42. The van der Waals surface area contributed by atoms with Crippen LogP contribution in [0.4, 0.5) is 10.3 Å². The molecule has 5 heteroatoms. The molecule has 0 amide bonds. The predicted molar refractivity (Wildman–Crippen MR) is 88.9 cm³/mol. The lowest BCUT2D eigenvalue weighted by Crippen LogP contribution is -2.31. The third kappa shape index (κ3) is 2.70. The number of rotatable bonds is 2. The zero-order valence-corrected chi connectivity index (χ0v) is 13.3. The monoisotopic (exact) mass is 312 g/mol. The van der Waals surface area contributed by atoms with Gasteiger partial charge in [0.15, 0.2) is 0 Å². The lowest BCUT2D eigenvalue weighted by molar-refractivity contribution is 0.622. The summed E-state index contributed by atoms with van der Waals surface area (Å²) >= 11 is 0. The van der Waals surface area contributed by atoms with Crippen molar-refractivity contribution in [1.82, 2.24) is 15.3 Å². The van der Waals surface area contributed by atoms with Crippen LogP contribution < -0.4 is 10.2 Å². The fraction of sp³-hybridized carbons (Fsp3) is 0.444. The molecule has 3 heterocycles. The normalized spacial score (nSPS) is 20.6. The minimum atomic E-state index is -0.219. The van der Waals surface area contributed by atoms with Crippen molar-refractivity contribution in [3.63, 3.8) is 0 Å². The van der Waals surface area contributed by atoms with Crippen molar-refractivity contribution < 1.29 is 4.39 Å². The van der Waals surface area contributed by atoms with E-state index in [9.17, 15) is 4.39 Å². The van der Waals surface area contributed by atoms with E-state index in [0.717, 1.165) is 54.5 Å². The Balaban J connectivity index is 1.84. The molecule has 120 valence electrons. The molecule has 1 atom stereocenters. The van der Waals surface area contributed by atoms with Crippen molar-refractivity contribution in [1.29, 1.82) is 0 Å². The summed E-state index contributed by atoms with van der Waals surface area (Å²) in [6, 6.07) is 7.10. The highest BCUT2D eigenvalue weighted by Crippen LogP contribution is 2.30. The first-order valence-corrected chi connectivity index (χ1v) is 8.35. The van der Waals surface area contributed by atoms with Crippen molar-refractivity contribution in [3.8, 4) is 11.3 Å². The molecule has 0 saturated carbocycles. The summed E-state index contributed by atoms with van der Waals surface area (Å²) in [6.45, 7) is 4.97. The molecule has 2 aliphatic rings. The van der Waals surface area contributed by atoms with Gasteiger partial charge in [0.1, 0.15) is 5.82 Å². The van der Waals surface area contributed by atoms with Crippen molar-refractivity contribution >= 4 is 5.95 Å². The highest BCUT2D eigenvalue weighted by molar-refractivity contribution is 5.66. The topological polar surface area (TPSA) is 41.1 Å². The molecular weight excluding hydrogens is 291 g/mol. The number of benzene rings is 1. The zero-order valence-electron chi connectivity index (χ0n) is 13.3. The van der Waals surface area contributed by atoms with E-state index in [1.165, 1.54) is 25.0 Å². The van der Waals surface area contributed by atoms with Crippen molar-refractivity contribution in [3.05, 3.63) is 41.3 Å². The Kier molecular flexibility index (Phi) is 3.73. The lowest BCUT2D eigenvalue weighted by Gasteiger charge is -2.26. The van der Waals surface area contributed by atoms with E-state index in [1.807, 2.05) is 12.1 Å². The van der Waals surface area contributed by atoms with Crippen molar-refractivity contribution in [2.75, 3.05) is 18.0 Å². The van der Waals surface area contributed by atoms with Crippen molar-refractivity contribution in [2.45, 2.75) is 38.8 Å². The second kappa shape index (κ2) is 5.89. The molecule has 1 N–H and O–H groups in total. The number of fused-ring (bicyclic) bond motifs is 1. The molecule has 23 heavy (non-hydrogen) atoms. The van der Waals surface area contributed by atoms with Crippen LogP contribution in [-0.2, 0) is 13.0 Å². The molecular formula is C18H21FN4. The fourth-order valence-corrected chi connectivity index (χ4v) is 3.54. The Labute approximate surface area is 135 Å². The number of hydrogen-bond donors (Lipinski definition) is 1. The van der Waals surface area contributed by atoms with E-state index in [-0.39, 0.29) is 5.82 Å². The van der Waals surface area contributed by atoms with Crippen LogP contribution in [-0.4, -0.2) is 29.1 Å². The van der Waals surface area contributed by atoms with E-state index in [2.05, 4.69) is 17.1 Å². The first-order chi connectivity index (χ1) is 11.2. The fourth-order valence-electron chi connectivity index (χ4n) is 3.54. The number of anilines is 1. The van der Waals surface area contributed by atoms with Crippen LogP contribution in [0.2, 0.25) is 0 Å². The van der Waals surface area contributed by atoms with Gasteiger partial charge in [-0.1, -0.05) is 0 Å². The minimum absolute atomic E-state index is 0.219. The van der Waals surface area contributed by atoms with Gasteiger partial charge in [-0.3, -0.25) is 0 Å². The maximum atomic E-state index is 13.3. The van der Waals surface area contributed by atoms with Gasteiger partial charge >= 0.3 is 0 Å². The number of hydrogen-bond acceptors (Lipinski definition) is 4. The van der Waals surface area contributed by atoms with Crippen molar-refractivity contribution in [2.24, 2.45) is 0 Å². The van der Waals surface area contributed by atoms with Gasteiger partial charge in [-0.25, -0.2) is 14.4 Å². The molecule has 2 aromatic rings. The summed E-state index contributed by atoms with van der Waals surface area (Å²) in [4.78, 5) is 12.0. The molecule has 0 bridgehead atoms. The Morgan fingerprint density at radius 1 is 1.22 bits per heavy atom. The molecule has 0 radical (unpaired) electrons. The molecule has 1 saturated heterocycles. The van der Waals surface area contributed by atoms with E-state index >= 15 is 0 Å². The molecule has 2 aliphatic heterocycles. The van der Waals surface area contributed by atoms with Gasteiger partial charge in [-0.2, -0.15) is 0 Å². The molecule has 1 aromatic carbocycles. The zero-order chi connectivity index (χ0) is 15.8. The van der Waals surface area contributed by atoms with E-state index in [0.29, 0.717) is 6.04 Å². The van der Waals surface area contributed by atoms with E-state index in [4.69, 9.17) is 9.97 Å². The molecule has 1 fully saturated rings. The number of aromatic nitrogens is 2. The second-order valence-corrected chi connectivity index (χ2v) is 6.42. The van der Waals surface area contributed by atoms with E-state index in [1.54, 1.807) is 0 Å². The highest BCUT2D eigenvalue weighted by Gasteiger charge is 2.26. The summed E-state index contributed by atoms with van der Waals surface area (Å²) in [5.74, 6) is 0.609. The smallest absolute Gasteiger partial charge is 0.226 e. The number of nitrogens with zero attached hydrogens (tertiary/aromatic N) is 3. The maximum Gasteiger partial charge on any atom is 0.226 e. The third-order valence-corrected chi connectivity index (χ3v) is 4.85. The minimum Gasteiger partial charge on any atom is -0.338 e. The Morgan fingerprint density at radius 2 is 2.04 bits per heavy atom. The summed E-state index contributed by atoms with van der Waals surface area (Å²) in [6.07, 6.45) is 3.30. The molecule has 4 rings (SSSR count). The summed E-state index contributed by atoms with van der Waals surface area (Å²) in [7, 11) is 0. The van der Waals surface area contributed by atoms with Crippen LogP contribution >= 0.6 is 0 Å². The van der Waals surface area contributed by atoms with E-state index < -0.39 is 0 Å². The van der Waals surface area contributed by atoms with Gasteiger partial charge in [0.05, 0.1) is 11.4 Å². The maximum absolute atomic E-state index is 13.3. The van der Waals surface area contributed by atoms with Crippen LogP contribution in [0.1, 0.15) is 31.0 Å². The number of halogens is 1. The Morgan fingerprint density at radius 3 is 2.78 bits per heavy atom. The van der Waals surface area contributed by atoms with Gasteiger partial charge < -0.3 is 10.2 Å². The first-order valence-electron chi connectivity index (χ1n) is 8.35. The molecule has 1 aromatic heterocycles. The average Bonchev–Trinajstić information content (AvgIpc) is 3.01. The van der Waals surface area contributed by atoms with Gasteiger partial charge in [0.2, 0.25) is 5.95 Å². The SMILES string of the molecule is CC1CCCN1c1nc2c(c(-c3ccc(F)cc3)n1)CNCC2. The van der Waals surface area contributed by atoms with Crippen LogP contribution in [0.25, 0.3) is 11.3 Å². The molecule has 0 aliphatic carbocycles. The average molecular weight is 312 g/mol. The number of nitrogens with one attached hydrogen (secondary N) is 1. The Hall–Kier alpha value is -2.01. The standard InChI is InChI=1S/C18H21FN4/c1-12-3-2-10-23(12)18-21-16-8-9-20-11-15(16)17(22-18)13-4-6-14(19)7-5-13/h4-7,12,20H,2-3,8-11H2,1H3. The highest BCUT2D eigenvalue weighted by atomic mass is 19.1. The summed E-state index contributed by atoms with van der Waals surface area (Å²) in [5, 5.41) is 3.39. The van der Waals surface area contributed by atoms with Gasteiger partial charge in [0.25, 0.3) is 0 Å². The third-order valence-electron chi connectivity index (χ3n) is 4.85.